The summed E-state index contributed by atoms with van der Waals surface area (Å²) in [6.07, 6.45) is -1.70. The number of amides is 2. The number of anilines is 2. The molecule has 0 bridgehead atoms. The summed E-state index contributed by atoms with van der Waals surface area (Å²) in [4.78, 5) is 24.0. The van der Waals surface area contributed by atoms with Crippen molar-refractivity contribution in [3.63, 3.8) is 0 Å². The van der Waals surface area contributed by atoms with Crippen LogP contribution in [0.15, 0.2) is 48.5 Å². The van der Waals surface area contributed by atoms with E-state index >= 15 is 0 Å². The summed E-state index contributed by atoms with van der Waals surface area (Å²) >= 11 is 0. The summed E-state index contributed by atoms with van der Waals surface area (Å²) in [5.41, 5.74) is 2.08. The topological polar surface area (TPSA) is 49.4 Å². The second-order valence-electron chi connectivity index (χ2n) is 5.40. The monoisotopic (exact) mass is 332 g/mol. The van der Waals surface area contributed by atoms with Gasteiger partial charge >= 0.3 is 0 Å². The molecule has 2 amide bonds. The van der Waals surface area contributed by atoms with Gasteiger partial charge in [0, 0.05) is 6.92 Å². The lowest BCUT2D eigenvalue weighted by molar-refractivity contribution is -0.120. The normalized spacial score (nSPS) is 16.2. The number of aryl methyl sites for hydroxylation is 1. The molecule has 0 saturated heterocycles. The number of rotatable bonds is 0. The van der Waals surface area contributed by atoms with Gasteiger partial charge in [0.2, 0.25) is 5.91 Å². The van der Waals surface area contributed by atoms with Crippen LogP contribution in [0.5, 0.6) is 0 Å². The molecule has 1 aliphatic heterocycles. The van der Waals surface area contributed by atoms with Crippen molar-refractivity contribution >= 4 is 23.2 Å². The van der Waals surface area contributed by atoms with Gasteiger partial charge in [0.25, 0.3) is 5.91 Å². The lowest BCUT2D eigenvalue weighted by Gasteiger charge is -2.20. The number of benzene rings is 2. The van der Waals surface area contributed by atoms with Crippen LogP contribution in [0.25, 0.3) is 0 Å². The Hall–Kier alpha value is -2.76. The Balaban J connectivity index is 0.000000219. The van der Waals surface area contributed by atoms with Gasteiger partial charge in [-0.2, -0.15) is 0 Å². The van der Waals surface area contributed by atoms with Crippen molar-refractivity contribution in [3.05, 3.63) is 59.9 Å². The van der Waals surface area contributed by atoms with Crippen molar-refractivity contribution in [2.45, 2.75) is 20.0 Å². The Morgan fingerprint density at radius 1 is 1.17 bits per heavy atom. The maximum atomic E-state index is 13.4. The fourth-order valence-electron chi connectivity index (χ4n) is 2.20. The summed E-state index contributed by atoms with van der Waals surface area (Å²) < 4.78 is 25.5. The molecule has 0 saturated carbocycles. The predicted molar refractivity (Wildman–Crippen MR) is 89.1 cm³/mol. The van der Waals surface area contributed by atoms with E-state index in [1.54, 1.807) is 36.4 Å². The first kappa shape index (κ1) is 17.6. The Bertz CT molecular complexity index is 711. The molecule has 6 heteroatoms. The maximum absolute atomic E-state index is 13.4. The molecule has 4 nitrogen and oxygen atoms in total. The van der Waals surface area contributed by atoms with Gasteiger partial charge < -0.3 is 10.2 Å². The SMILES string of the molecule is CC(=O)N1C[C@H](F)C(=O)Nc2ccccc21.Cc1ccc(F)cc1. The van der Waals surface area contributed by atoms with Gasteiger partial charge in [-0.1, -0.05) is 29.8 Å². The van der Waals surface area contributed by atoms with Gasteiger partial charge in [0.1, 0.15) is 5.82 Å². The Kier molecular flexibility index (Phi) is 5.63. The quantitative estimate of drug-likeness (QED) is 0.803. The van der Waals surface area contributed by atoms with Crippen molar-refractivity contribution < 1.29 is 18.4 Å². The molecular weight excluding hydrogens is 314 g/mol. The molecule has 24 heavy (non-hydrogen) atoms. The fraction of sp³-hybridized carbons (Fsp3) is 0.222. The van der Waals surface area contributed by atoms with E-state index < -0.39 is 12.1 Å². The summed E-state index contributed by atoms with van der Waals surface area (Å²) in [7, 11) is 0. The Labute approximate surface area is 139 Å². The number of halogens is 2. The summed E-state index contributed by atoms with van der Waals surface area (Å²) in [5, 5.41) is 2.45. The predicted octanol–water partition coefficient (Wildman–Crippen LogP) is 3.46. The van der Waals surface area contributed by atoms with Crippen LogP contribution in [0.1, 0.15) is 12.5 Å². The number of carbonyl (C=O) groups is 2. The highest BCUT2D eigenvalue weighted by Crippen LogP contribution is 2.28. The molecule has 0 spiro atoms. The maximum Gasteiger partial charge on any atom is 0.260 e. The van der Waals surface area contributed by atoms with Gasteiger partial charge in [0.15, 0.2) is 6.17 Å². The number of nitrogens with one attached hydrogen (secondary N) is 1. The number of fused-ring (bicyclic) bond motifs is 1. The van der Waals surface area contributed by atoms with Crippen molar-refractivity contribution in [1.29, 1.82) is 0 Å². The van der Waals surface area contributed by atoms with E-state index in [1.807, 2.05) is 6.92 Å². The first-order valence-electron chi connectivity index (χ1n) is 7.42. The zero-order valence-corrected chi connectivity index (χ0v) is 13.4. The van der Waals surface area contributed by atoms with Crippen LogP contribution in [0.3, 0.4) is 0 Å². The molecule has 1 aliphatic rings. The third-order valence-corrected chi connectivity index (χ3v) is 3.47. The standard InChI is InChI=1S/C11H11FN2O2.C7H7F/c1-7(15)14-6-8(12)11(16)13-9-4-2-3-5-10(9)14;1-6-2-4-7(8)5-3-6/h2-5,8H,6H2,1H3,(H,13,16);2-5H,1H3/t8-;/m0./s1. The van der Waals surface area contributed by atoms with Gasteiger partial charge in [-0.3, -0.25) is 9.59 Å². The second kappa shape index (κ2) is 7.68. The molecule has 3 rings (SSSR count). The third kappa shape index (κ3) is 4.38. The highest BCUT2D eigenvalue weighted by Gasteiger charge is 2.29. The molecule has 0 radical (unpaired) electrons. The zero-order chi connectivity index (χ0) is 17.7. The van der Waals surface area contributed by atoms with Crippen LogP contribution in [-0.2, 0) is 9.59 Å². The molecule has 0 aliphatic carbocycles. The van der Waals surface area contributed by atoms with Gasteiger partial charge in [-0.15, -0.1) is 0 Å². The zero-order valence-electron chi connectivity index (χ0n) is 13.4. The first-order valence-corrected chi connectivity index (χ1v) is 7.42. The molecule has 2 aromatic rings. The van der Waals surface area contributed by atoms with Crippen LogP contribution in [-0.4, -0.2) is 24.5 Å². The molecule has 0 aromatic heterocycles. The average molecular weight is 332 g/mol. The fourth-order valence-corrected chi connectivity index (χ4v) is 2.20. The molecule has 1 heterocycles. The minimum Gasteiger partial charge on any atom is -0.322 e. The molecule has 1 atom stereocenters. The van der Waals surface area contributed by atoms with E-state index in [0.29, 0.717) is 11.4 Å². The summed E-state index contributed by atoms with van der Waals surface area (Å²) in [5.74, 6) is -1.17. The molecule has 0 unspecified atom stereocenters. The number of nitrogens with zero attached hydrogens (tertiary/aromatic N) is 1. The Morgan fingerprint density at radius 2 is 1.79 bits per heavy atom. The summed E-state index contributed by atoms with van der Waals surface area (Å²) in [6.45, 7) is 3.04. The van der Waals surface area contributed by atoms with Crippen molar-refractivity contribution in [2.75, 3.05) is 16.8 Å². The number of hydrogen-bond acceptors (Lipinski definition) is 2. The van der Waals surface area contributed by atoms with E-state index in [2.05, 4.69) is 5.32 Å². The van der Waals surface area contributed by atoms with Crippen LogP contribution in [0.2, 0.25) is 0 Å². The van der Waals surface area contributed by atoms with Crippen LogP contribution in [0.4, 0.5) is 20.2 Å². The van der Waals surface area contributed by atoms with Crippen LogP contribution < -0.4 is 10.2 Å². The van der Waals surface area contributed by atoms with Crippen molar-refractivity contribution in [2.24, 2.45) is 0 Å². The molecular formula is C18H18F2N2O2. The smallest absolute Gasteiger partial charge is 0.260 e. The van der Waals surface area contributed by atoms with Crippen LogP contribution in [0, 0.1) is 12.7 Å². The van der Waals surface area contributed by atoms with Gasteiger partial charge in [0.05, 0.1) is 17.9 Å². The molecule has 126 valence electrons. The van der Waals surface area contributed by atoms with E-state index in [1.165, 1.54) is 24.0 Å². The van der Waals surface area contributed by atoms with Gasteiger partial charge in [-0.05, 0) is 31.2 Å². The van der Waals surface area contributed by atoms with E-state index in [4.69, 9.17) is 0 Å². The average Bonchev–Trinajstić information content (AvgIpc) is 2.68. The molecule has 2 aromatic carbocycles. The van der Waals surface area contributed by atoms with E-state index in [0.717, 1.165) is 5.56 Å². The lowest BCUT2D eigenvalue weighted by Crippen LogP contribution is -2.36. The number of alkyl halides is 1. The van der Waals surface area contributed by atoms with Crippen molar-refractivity contribution in [1.82, 2.24) is 0 Å². The Morgan fingerprint density at radius 3 is 2.38 bits per heavy atom. The minimum atomic E-state index is -1.70. The van der Waals surface area contributed by atoms with E-state index in [-0.39, 0.29) is 18.3 Å². The number of para-hydroxylation sites is 2. The molecule has 1 N–H and O–H groups in total. The van der Waals surface area contributed by atoms with Crippen LogP contribution >= 0.6 is 0 Å². The molecule has 0 fully saturated rings. The second-order valence-corrected chi connectivity index (χ2v) is 5.40. The van der Waals surface area contributed by atoms with E-state index in [9.17, 15) is 18.4 Å². The highest BCUT2D eigenvalue weighted by atomic mass is 19.1. The first-order chi connectivity index (χ1) is 11.4. The number of carbonyl (C=O) groups excluding carboxylic acids is 2. The largest absolute Gasteiger partial charge is 0.322 e. The van der Waals surface area contributed by atoms with Gasteiger partial charge in [-0.25, -0.2) is 8.78 Å². The van der Waals surface area contributed by atoms with Crippen molar-refractivity contribution in [3.8, 4) is 0 Å². The third-order valence-electron chi connectivity index (χ3n) is 3.47. The lowest BCUT2D eigenvalue weighted by atomic mass is 10.2. The number of hydrogen-bond donors (Lipinski definition) is 1. The summed E-state index contributed by atoms with van der Waals surface area (Å²) in [6, 6.07) is 13.2. The highest BCUT2D eigenvalue weighted by molar-refractivity contribution is 6.04. The minimum absolute atomic E-state index is 0.171.